The Morgan fingerprint density at radius 3 is 2.54 bits per heavy atom. The minimum absolute atomic E-state index is 0.819. The lowest BCUT2D eigenvalue weighted by Gasteiger charge is -2.30. The Hall–Kier alpha value is -2.81. The summed E-state index contributed by atoms with van der Waals surface area (Å²) in [5.74, 6) is 0.925. The SMILES string of the molecule is CN1C(=NCCCc2ccccc2)Nc2cccc3cccc1c23. The molecule has 3 heteroatoms. The number of rotatable bonds is 4. The minimum Gasteiger partial charge on any atom is -0.325 e. The van der Waals surface area contributed by atoms with Crippen LogP contribution in [0.3, 0.4) is 0 Å². The fourth-order valence-electron chi connectivity index (χ4n) is 3.28. The van der Waals surface area contributed by atoms with E-state index in [0.29, 0.717) is 0 Å². The molecule has 1 heterocycles. The maximum atomic E-state index is 4.80. The van der Waals surface area contributed by atoms with Gasteiger partial charge in [-0.05, 0) is 35.9 Å². The summed E-state index contributed by atoms with van der Waals surface area (Å²) in [6, 6.07) is 23.4. The highest BCUT2D eigenvalue weighted by molar-refractivity contribution is 6.20. The molecule has 0 aliphatic carbocycles. The van der Waals surface area contributed by atoms with Gasteiger partial charge >= 0.3 is 0 Å². The molecule has 24 heavy (non-hydrogen) atoms. The molecule has 0 bridgehead atoms. The number of aliphatic imine (C=N–C) groups is 1. The van der Waals surface area contributed by atoms with Gasteiger partial charge in [0.05, 0.1) is 11.4 Å². The summed E-state index contributed by atoms with van der Waals surface area (Å²) in [7, 11) is 2.08. The summed E-state index contributed by atoms with van der Waals surface area (Å²) in [6.07, 6.45) is 2.11. The van der Waals surface area contributed by atoms with Crippen LogP contribution in [0, 0.1) is 0 Å². The Labute approximate surface area is 142 Å². The highest BCUT2D eigenvalue weighted by Gasteiger charge is 2.20. The molecule has 0 atom stereocenters. The van der Waals surface area contributed by atoms with Gasteiger partial charge < -0.3 is 10.2 Å². The van der Waals surface area contributed by atoms with E-state index in [1.165, 1.54) is 22.0 Å². The van der Waals surface area contributed by atoms with Crippen molar-refractivity contribution in [1.82, 2.24) is 0 Å². The Balaban J connectivity index is 1.51. The first-order chi connectivity index (χ1) is 11.8. The van der Waals surface area contributed by atoms with Crippen molar-refractivity contribution in [3.8, 4) is 0 Å². The zero-order valence-corrected chi connectivity index (χ0v) is 13.9. The summed E-state index contributed by atoms with van der Waals surface area (Å²) < 4.78 is 0. The van der Waals surface area contributed by atoms with E-state index in [-0.39, 0.29) is 0 Å². The third-order valence-electron chi connectivity index (χ3n) is 4.54. The normalized spacial score (nSPS) is 14.9. The average Bonchev–Trinajstić information content (AvgIpc) is 2.63. The van der Waals surface area contributed by atoms with E-state index < -0.39 is 0 Å². The van der Waals surface area contributed by atoms with Crippen molar-refractivity contribution in [2.45, 2.75) is 12.8 Å². The second-order valence-corrected chi connectivity index (χ2v) is 6.16. The predicted octanol–water partition coefficient (Wildman–Crippen LogP) is 4.69. The van der Waals surface area contributed by atoms with Gasteiger partial charge in [0.2, 0.25) is 5.96 Å². The van der Waals surface area contributed by atoms with Crippen molar-refractivity contribution >= 4 is 28.1 Å². The van der Waals surface area contributed by atoms with Crippen LogP contribution in [0.5, 0.6) is 0 Å². The highest BCUT2D eigenvalue weighted by atomic mass is 15.3. The van der Waals surface area contributed by atoms with Crippen LogP contribution in [0.4, 0.5) is 11.4 Å². The molecule has 0 spiro atoms. The summed E-state index contributed by atoms with van der Waals surface area (Å²) >= 11 is 0. The van der Waals surface area contributed by atoms with Crippen LogP contribution in [-0.2, 0) is 6.42 Å². The van der Waals surface area contributed by atoms with E-state index >= 15 is 0 Å². The largest absolute Gasteiger partial charge is 0.325 e. The summed E-state index contributed by atoms with van der Waals surface area (Å²) in [4.78, 5) is 6.95. The van der Waals surface area contributed by atoms with Crippen LogP contribution < -0.4 is 10.2 Å². The van der Waals surface area contributed by atoms with Crippen molar-refractivity contribution in [1.29, 1.82) is 0 Å². The van der Waals surface area contributed by atoms with E-state index in [1.807, 2.05) is 0 Å². The van der Waals surface area contributed by atoms with Gasteiger partial charge in [-0.25, -0.2) is 0 Å². The Morgan fingerprint density at radius 1 is 0.917 bits per heavy atom. The lowest BCUT2D eigenvalue weighted by molar-refractivity contribution is 0.830. The molecule has 1 aliphatic heterocycles. The number of nitrogens with zero attached hydrogens (tertiary/aromatic N) is 2. The van der Waals surface area contributed by atoms with E-state index in [9.17, 15) is 0 Å². The number of anilines is 2. The molecule has 0 unspecified atom stereocenters. The molecule has 120 valence electrons. The Bertz CT molecular complexity index is 879. The molecule has 1 aliphatic rings. The molecule has 0 saturated carbocycles. The van der Waals surface area contributed by atoms with Gasteiger partial charge in [-0.1, -0.05) is 54.6 Å². The maximum absolute atomic E-state index is 4.80. The van der Waals surface area contributed by atoms with Gasteiger partial charge in [0.25, 0.3) is 0 Å². The number of nitrogens with one attached hydrogen (secondary N) is 1. The van der Waals surface area contributed by atoms with Crippen molar-refractivity contribution in [3.63, 3.8) is 0 Å². The monoisotopic (exact) mass is 315 g/mol. The molecule has 3 aromatic carbocycles. The quantitative estimate of drug-likeness (QED) is 0.707. The van der Waals surface area contributed by atoms with Crippen molar-refractivity contribution < 1.29 is 0 Å². The number of hydrogen-bond acceptors (Lipinski definition) is 1. The lowest BCUT2D eigenvalue weighted by Crippen LogP contribution is -2.36. The first-order valence-electron chi connectivity index (χ1n) is 8.44. The lowest BCUT2D eigenvalue weighted by atomic mass is 10.0. The molecule has 0 radical (unpaired) electrons. The van der Waals surface area contributed by atoms with Crippen LogP contribution in [-0.4, -0.2) is 19.6 Å². The molecule has 0 saturated heterocycles. The second-order valence-electron chi connectivity index (χ2n) is 6.16. The van der Waals surface area contributed by atoms with Crippen molar-refractivity contribution in [2.75, 3.05) is 23.8 Å². The molecule has 3 nitrogen and oxygen atoms in total. The van der Waals surface area contributed by atoms with Gasteiger partial charge in [-0.15, -0.1) is 0 Å². The van der Waals surface area contributed by atoms with E-state index in [2.05, 4.69) is 84.0 Å². The first-order valence-corrected chi connectivity index (χ1v) is 8.44. The van der Waals surface area contributed by atoms with Crippen LogP contribution in [0.2, 0.25) is 0 Å². The summed E-state index contributed by atoms with van der Waals surface area (Å²) in [6.45, 7) is 0.819. The first kappa shape index (κ1) is 14.8. The van der Waals surface area contributed by atoms with Gasteiger partial charge in [0, 0.05) is 19.0 Å². The highest BCUT2D eigenvalue weighted by Crippen LogP contribution is 2.36. The van der Waals surface area contributed by atoms with E-state index in [4.69, 9.17) is 4.99 Å². The van der Waals surface area contributed by atoms with Crippen LogP contribution in [0.1, 0.15) is 12.0 Å². The molecule has 4 rings (SSSR count). The molecular weight excluding hydrogens is 294 g/mol. The van der Waals surface area contributed by atoms with Crippen molar-refractivity contribution in [2.24, 2.45) is 4.99 Å². The van der Waals surface area contributed by atoms with Crippen molar-refractivity contribution in [3.05, 3.63) is 72.3 Å². The van der Waals surface area contributed by atoms with Crippen LogP contribution in [0.25, 0.3) is 10.8 Å². The average molecular weight is 315 g/mol. The fourth-order valence-corrected chi connectivity index (χ4v) is 3.28. The summed E-state index contributed by atoms with van der Waals surface area (Å²) in [5, 5.41) is 6.01. The van der Waals surface area contributed by atoms with Gasteiger partial charge in [-0.3, -0.25) is 4.99 Å². The molecular formula is C21H21N3. The number of guanidine groups is 1. The molecule has 0 aromatic heterocycles. The van der Waals surface area contributed by atoms with E-state index in [0.717, 1.165) is 31.0 Å². The predicted molar refractivity (Wildman–Crippen MR) is 103 cm³/mol. The molecule has 0 fully saturated rings. The topological polar surface area (TPSA) is 27.6 Å². The van der Waals surface area contributed by atoms with Crippen LogP contribution >= 0.6 is 0 Å². The molecule has 1 N–H and O–H groups in total. The minimum atomic E-state index is 0.819. The molecule has 0 amide bonds. The fraction of sp³-hybridized carbons (Fsp3) is 0.190. The number of aryl methyl sites for hydroxylation is 1. The molecule has 3 aromatic rings. The third kappa shape index (κ3) is 2.73. The zero-order chi connectivity index (χ0) is 16.4. The smallest absolute Gasteiger partial charge is 0.202 e. The third-order valence-corrected chi connectivity index (χ3v) is 4.54. The Kier molecular flexibility index (Phi) is 3.91. The standard InChI is InChI=1S/C21H21N3/c1-24-19-14-6-12-17-11-5-13-18(20(17)19)23-21(24)22-15-7-10-16-8-3-2-4-9-16/h2-6,8-9,11-14H,7,10,15H2,1H3,(H,22,23). The maximum Gasteiger partial charge on any atom is 0.202 e. The Morgan fingerprint density at radius 2 is 1.71 bits per heavy atom. The number of benzene rings is 3. The van der Waals surface area contributed by atoms with Gasteiger partial charge in [0.15, 0.2) is 0 Å². The van der Waals surface area contributed by atoms with E-state index in [1.54, 1.807) is 0 Å². The van der Waals surface area contributed by atoms with Gasteiger partial charge in [0.1, 0.15) is 0 Å². The van der Waals surface area contributed by atoms with Crippen LogP contribution in [0.15, 0.2) is 71.7 Å². The zero-order valence-electron chi connectivity index (χ0n) is 13.9. The second kappa shape index (κ2) is 6.36. The number of hydrogen-bond donors (Lipinski definition) is 1. The summed E-state index contributed by atoms with van der Waals surface area (Å²) in [5.41, 5.74) is 3.73. The van der Waals surface area contributed by atoms with Gasteiger partial charge in [-0.2, -0.15) is 0 Å².